The van der Waals surface area contributed by atoms with Crippen LogP contribution in [0.5, 0.6) is 5.88 Å². The monoisotopic (exact) mass is 422 g/mol. The third-order valence-corrected chi connectivity index (χ3v) is 5.31. The van der Waals surface area contributed by atoms with Gasteiger partial charge in [0.15, 0.2) is 5.82 Å². The van der Waals surface area contributed by atoms with Crippen LogP contribution in [0.1, 0.15) is 24.7 Å². The fraction of sp³-hybridized carbons (Fsp3) is 0.381. The van der Waals surface area contributed by atoms with E-state index in [1.807, 2.05) is 50.6 Å². The molecule has 4 aromatic rings. The fourth-order valence-electron chi connectivity index (χ4n) is 3.48. The van der Waals surface area contributed by atoms with E-state index in [9.17, 15) is 4.79 Å². The summed E-state index contributed by atoms with van der Waals surface area (Å²) in [5, 5.41) is 13.6. The van der Waals surface area contributed by atoms with Crippen molar-refractivity contribution < 1.29 is 9.53 Å². The van der Waals surface area contributed by atoms with Gasteiger partial charge < -0.3 is 14.6 Å². The Hall–Kier alpha value is -3.69. The number of amides is 1. The molecule has 1 amide bonds. The quantitative estimate of drug-likeness (QED) is 0.520. The molecule has 0 radical (unpaired) electrons. The molecule has 5 rings (SSSR count). The predicted molar refractivity (Wildman–Crippen MR) is 115 cm³/mol. The van der Waals surface area contributed by atoms with Gasteiger partial charge in [-0.25, -0.2) is 9.67 Å². The summed E-state index contributed by atoms with van der Waals surface area (Å²) in [6.07, 6.45) is 5.55. The van der Waals surface area contributed by atoms with Crippen LogP contribution in [0.2, 0.25) is 0 Å². The number of nitrogens with zero attached hydrogens (tertiary/aromatic N) is 6. The van der Waals surface area contributed by atoms with Crippen molar-refractivity contribution in [3.8, 4) is 11.7 Å². The van der Waals surface area contributed by atoms with Gasteiger partial charge in [-0.3, -0.25) is 9.89 Å². The van der Waals surface area contributed by atoms with E-state index < -0.39 is 0 Å². The van der Waals surface area contributed by atoms with Crippen LogP contribution in [-0.4, -0.2) is 53.1 Å². The van der Waals surface area contributed by atoms with E-state index in [0.717, 1.165) is 22.4 Å². The fourth-order valence-corrected chi connectivity index (χ4v) is 3.48. The number of aromatic amines is 1. The molecule has 0 unspecified atom stereocenters. The summed E-state index contributed by atoms with van der Waals surface area (Å²) in [7, 11) is 1.91. The Morgan fingerprint density at radius 3 is 2.68 bits per heavy atom. The Morgan fingerprint density at radius 2 is 2.10 bits per heavy atom. The molecule has 1 aliphatic heterocycles. The summed E-state index contributed by atoms with van der Waals surface area (Å²) < 4.78 is 9.82. The second-order valence-electron chi connectivity index (χ2n) is 7.72. The maximum atomic E-state index is 11.5. The van der Waals surface area contributed by atoms with Crippen LogP contribution in [0.3, 0.4) is 0 Å². The van der Waals surface area contributed by atoms with Gasteiger partial charge in [-0.05, 0) is 32.9 Å². The molecule has 0 bridgehead atoms. The number of pyridine rings is 1. The summed E-state index contributed by atoms with van der Waals surface area (Å²) in [6, 6.07) is 5.73. The lowest BCUT2D eigenvalue weighted by Crippen LogP contribution is -2.26. The number of ether oxygens (including phenoxy) is 1. The molecule has 10 heteroatoms. The molecule has 0 spiro atoms. The number of fused-ring (bicyclic) bond motifs is 1. The predicted octanol–water partition coefficient (Wildman–Crippen LogP) is 2.08. The number of carbonyl (C=O) groups excluding carboxylic acids is 1. The molecule has 5 heterocycles. The smallest absolute Gasteiger partial charge is 0.242 e. The summed E-state index contributed by atoms with van der Waals surface area (Å²) in [6.45, 7) is 6.54. The Labute approximate surface area is 179 Å². The molecule has 1 saturated heterocycles. The molecular weight excluding hydrogens is 396 g/mol. The minimum absolute atomic E-state index is 0.0695. The van der Waals surface area contributed by atoms with Gasteiger partial charge in [0.1, 0.15) is 11.6 Å². The molecule has 0 aromatic carbocycles. The lowest BCUT2D eigenvalue weighted by molar-refractivity contribution is -0.119. The Kier molecular flexibility index (Phi) is 5.70. The second kappa shape index (κ2) is 8.58. The molecule has 2 N–H and O–H groups in total. The Balaban J connectivity index is 0.000000334. The van der Waals surface area contributed by atoms with E-state index in [-0.39, 0.29) is 17.9 Å². The van der Waals surface area contributed by atoms with Gasteiger partial charge in [0.2, 0.25) is 11.8 Å². The molecule has 2 atom stereocenters. The topological polar surface area (TPSA) is 116 Å². The number of imidazole rings is 1. The first-order valence-electron chi connectivity index (χ1n) is 10.1. The average molecular weight is 422 g/mol. The summed E-state index contributed by atoms with van der Waals surface area (Å²) in [5.74, 6) is 1.37. The number of rotatable bonds is 4. The van der Waals surface area contributed by atoms with Crippen LogP contribution in [0.4, 0.5) is 0 Å². The SMILES string of the molecule is Cc1ccn[nH]1.Cc1ccnn1-c1cc2ncn(C)c2c(O[C@H](C)[C@H]2CNC(=O)C2)n1. The molecule has 1 fully saturated rings. The van der Waals surface area contributed by atoms with Crippen LogP contribution >= 0.6 is 0 Å². The van der Waals surface area contributed by atoms with E-state index in [0.29, 0.717) is 24.7 Å². The molecule has 162 valence electrons. The first-order valence-corrected chi connectivity index (χ1v) is 10.1. The van der Waals surface area contributed by atoms with Gasteiger partial charge in [0.05, 0.1) is 11.8 Å². The van der Waals surface area contributed by atoms with E-state index in [2.05, 4.69) is 30.6 Å². The van der Waals surface area contributed by atoms with Crippen molar-refractivity contribution >= 4 is 16.9 Å². The molecule has 31 heavy (non-hydrogen) atoms. The third-order valence-electron chi connectivity index (χ3n) is 5.31. The van der Waals surface area contributed by atoms with E-state index >= 15 is 0 Å². The lowest BCUT2D eigenvalue weighted by atomic mass is 10.0. The molecule has 10 nitrogen and oxygen atoms in total. The highest BCUT2D eigenvalue weighted by Gasteiger charge is 2.29. The van der Waals surface area contributed by atoms with E-state index in [4.69, 9.17) is 4.74 Å². The van der Waals surface area contributed by atoms with Crippen molar-refractivity contribution in [1.82, 2.24) is 39.8 Å². The minimum Gasteiger partial charge on any atom is -0.473 e. The van der Waals surface area contributed by atoms with Gasteiger partial charge in [0.25, 0.3) is 0 Å². The van der Waals surface area contributed by atoms with Crippen LogP contribution in [0, 0.1) is 19.8 Å². The Morgan fingerprint density at radius 1 is 1.26 bits per heavy atom. The first kappa shape index (κ1) is 20.6. The highest BCUT2D eigenvalue weighted by Crippen LogP contribution is 2.28. The maximum Gasteiger partial charge on any atom is 0.242 e. The van der Waals surface area contributed by atoms with Crippen LogP contribution < -0.4 is 10.1 Å². The third kappa shape index (κ3) is 4.42. The van der Waals surface area contributed by atoms with Crippen molar-refractivity contribution in [1.29, 1.82) is 0 Å². The van der Waals surface area contributed by atoms with Gasteiger partial charge in [0, 0.05) is 55.8 Å². The summed E-state index contributed by atoms with van der Waals surface area (Å²) >= 11 is 0. The van der Waals surface area contributed by atoms with Crippen molar-refractivity contribution in [2.24, 2.45) is 13.0 Å². The average Bonchev–Trinajstić information content (AvgIpc) is 3.52. The van der Waals surface area contributed by atoms with Crippen LogP contribution in [-0.2, 0) is 11.8 Å². The van der Waals surface area contributed by atoms with Crippen LogP contribution in [0.25, 0.3) is 16.9 Å². The molecular formula is C21H26N8O2. The van der Waals surface area contributed by atoms with Crippen molar-refractivity contribution in [2.45, 2.75) is 33.3 Å². The van der Waals surface area contributed by atoms with Gasteiger partial charge in [-0.2, -0.15) is 15.2 Å². The number of aryl methyl sites for hydroxylation is 3. The summed E-state index contributed by atoms with van der Waals surface area (Å²) in [5.41, 5.74) is 3.71. The molecule has 1 aliphatic rings. The van der Waals surface area contributed by atoms with Crippen LogP contribution in [0.15, 0.2) is 36.9 Å². The first-order chi connectivity index (χ1) is 14.9. The highest BCUT2D eigenvalue weighted by atomic mass is 16.5. The zero-order chi connectivity index (χ0) is 22.0. The van der Waals surface area contributed by atoms with E-state index in [1.165, 1.54) is 0 Å². The number of hydrogen-bond acceptors (Lipinski definition) is 6. The minimum atomic E-state index is -0.140. The standard InChI is InChI=1S/C17H20N6O2.C4H6N2/c1-10-4-5-20-23(10)14-7-13-16(22(3)9-19-13)17(21-14)25-11(2)12-6-15(24)18-8-12;1-4-2-3-5-6-4/h4-5,7,9,11-12H,6,8H2,1-3H3,(H,18,24);2-3H,1H3,(H,5,6)/t11-,12-;/m1./s1. The summed E-state index contributed by atoms with van der Waals surface area (Å²) in [4.78, 5) is 20.6. The molecule has 0 aliphatic carbocycles. The molecule has 0 saturated carbocycles. The van der Waals surface area contributed by atoms with Gasteiger partial charge in [-0.15, -0.1) is 0 Å². The Bertz CT molecular complexity index is 1180. The lowest BCUT2D eigenvalue weighted by Gasteiger charge is -2.20. The van der Waals surface area contributed by atoms with Crippen molar-refractivity contribution in [3.63, 3.8) is 0 Å². The molecule has 4 aromatic heterocycles. The number of H-pyrrole nitrogens is 1. The van der Waals surface area contributed by atoms with Crippen molar-refractivity contribution in [3.05, 3.63) is 48.3 Å². The highest BCUT2D eigenvalue weighted by molar-refractivity contribution is 5.82. The maximum absolute atomic E-state index is 11.5. The number of hydrogen-bond donors (Lipinski definition) is 2. The largest absolute Gasteiger partial charge is 0.473 e. The van der Waals surface area contributed by atoms with Crippen molar-refractivity contribution in [2.75, 3.05) is 6.54 Å². The number of carbonyl (C=O) groups is 1. The zero-order valence-corrected chi connectivity index (χ0v) is 18.0. The normalized spacial score (nSPS) is 16.6. The van der Waals surface area contributed by atoms with Gasteiger partial charge >= 0.3 is 0 Å². The van der Waals surface area contributed by atoms with E-state index in [1.54, 1.807) is 23.4 Å². The van der Waals surface area contributed by atoms with Gasteiger partial charge in [-0.1, -0.05) is 0 Å². The number of aromatic nitrogens is 7. The second-order valence-corrected chi connectivity index (χ2v) is 7.72. The zero-order valence-electron chi connectivity index (χ0n) is 18.0. The number of nitrogens with one attached hydrogen (secondary N) is 2.